The van der Waals surface area contributed by atoms with Gasteiger partial charge in [-0.25, -0.2) is 4.39 Å². The van der Waals surface area contributed by atoms with E-state index in [2.05, 4.69) is 20.7 Å². The van der Waals surface area contributed by atoms with Gasteiger partial charge in [-0.15, -0.1) is 0 Å². The van der Waals surface area contributed by atoms with E-state index in [0.29, 0.717) is 5.56 Å². The van der Waals surface area contributed by atoms with E-state index >= 15 is 0 Å². The van der Waals surface area contributed by atoms with Crippen molar-refractivity contribution in [1.29, 1.82) is 0 Å². The summed E-state index contributed by atoms with van der Waals surface area (Å²) in [6, 6.07) is 5.80. The summed E-state index contributed by atoms with van der Waals surface area (Å²) in [4.78, 5) is 10.4. The van der Waals surface area contributed by atoms with Crippen LogP contribution in [0.15, 0.2) is 24.3 Å². The molecule has 1 heterocycles. The Morgan fingerprint density at radius 1 is 1.37 bits per heavy atom. The summed E-state index contributed by atoms with van der Waals surface area (Å²) in [7, 11) is 1.29. The Morgan fingerprint density at radius 2 is 2.05 bits per heavy atom. The van der Waals surface area contributed by atoms with Crippen LogP contribution in [0.2, 0.25) is 0 Å². The number of ether oxygens (including phenoxy) is 2. The minimum Gasteiger partial charge on any atom is -0.468 e. The van der Waals surface area contributed by atoms with Crippen LogP contribution in [0.4, 0.5) is 4.39 Å². The lowest BCUT2D eigenvalue weighted by Gasteiger charge is -2.08. The number of alkyl halides is 1. The number of halogens is 2. The van der Waals surface area contributed by atoms with Crippen molar-refractivity contribution in [3.05, 3.63) is 35.6 Å². The van der Waals surface area contributed by atoms with Crippen LogP contribution in [0.1, 0.15) is 29.7 Å². The average molecular weight is 333 g/mol. The molecule has 1 fully saturated rings. The maximum atomic E-state index is 12.7. The molecule has 0 saturated carbocycles. The van der Waals surface area contributed by atoms with Crippen LogP contribution in [-0.4, -0.2) is 26.3 Å². The second kappa shape index (κ2) is 9.04. The van der Waals surface area contributed by atoms with Gasteiger partial charge in [-0.2, -0.15) is 0 Å². The lowest BCUT2D eigenvalue weighted by molar-refractivity contribution is -0.139. The van der Waals surface area contributed by atoms with E-state index in [1.807, 2.05) is 0 Å². The third-order valence-corrected chi connectivity index (χ3v) is 3.53. The molecule has 2 rings (SSSR count). The minimum absolute atomic E-state index is 0.370. The van der Waals surface area contributed by atoms with E-state index in [0.717, 1.165) is 13.2 Å². The highest BCUT2D eigenvalue weighted by atomic mass is 79.9. The Kier molecular flexibility index (Phi) is 7.67. The van der Waals surface area contributed by atoms with Gasteiger partial charge in [-0.3, -0.25) is 4.79 Å². The molecule has 0 aliphatic carbocycles. The minimum atomic E-state index is -0.604. The van der Waals surface area contributed by atoms with Gasteiger partial charge < -0.3 is 9.47 Å². The van der Waals surface area contributed by atoms with E-state index < -0.39 is 10.8 Å². The van der Waals surface area contributed by atoms with Gasteiger partial charge in [0.1, 0.15) is 10.6 Å². The molecule has 1 aliphatic rings. The lowest BCUT2D eigenvalue weighted by atomic mass is 10.1. The van der Waals surface area contributed by atoms with Gasteiger partial charge in [0.15, 0.2) is 0 Å². The molecular formula is C14H18BrFO3. The molecule has 1 aromatic carbocycles. The molecule has 0 aromatic heterocycles. The van der Waals surface area contributed by atoms with Gasteiger partial charge in [0, 0.05) is 13.2 Å². The van der Waals surface area contributed by atoms with Crippen molar-refractivity contribution in [3.8, 4) is 0 Å². The first-order valence-electron chi connectivity index (χ1n) is 6.20. The second-order valence-electron chi connectivity index (χ2n) is 4.11. The third kappa shape index (κ3) is 6.16. The number of benzene rings is 1. The van der Waals surface area contributed by atoms with Crippen molar-refractivity contribution < 1.29 is 18.7 Å². The van der Waals surface area contributed by atoms with Gasteiger partial charge in [0.05, 0.1) is 7.11 Å². The number of carbonyl (C=O) groups excluding carboxylic acids is 1. The summed E-state index contributed by atoms with van der Waals surface area (Å²) in [6.07, 6.45) is 3.93. The van der Waals surface area contributed by atoms with E-state index in [-0.39, 0.29) is 5.82 Å². The molecule has 3 nitrogen and oxygen atoms in total. The fraction of sp³-hybridized carbons (Fsp3) is 0.500. The van der Waals surface area contributed by atoms with Gasteiger partial charge >= 0.3 is 5.97 Å². The zero-order chi connectivity index (χ0) is 14.1. The molecule has 1 saturated heterocycles. The molecule has 1 aliphatic heterocycles. The molecule has 0 N–H and O–H groups in total. The summed E-state index contributed by atoms with van der Waals surface area (Å²) in [5.74, 6) is -0.809. The fourth-order valence-corrected chi connectivity index (χ4v) is 2.06. The predicted octanol–water partition coefficient (Wildman–Crippen LogP) is 3.62. The highest BCUT2D eigenvalue weighted by Gasteiger charge is 2.17. The summed E-state index contributed by atoms with van der Waals surface area (Å²) in [5.41, 5.74) is 0.548. The SMILES string of the molecule is C1CCOCC1.COC(=O)C(Br)c1cccc(F)c1. The van der Waals surface area contributed by atoms with Gasteiger partial charge in [0.2, 0.25) is 0 Å². The van der Waals surface area contributed by atoms with Crippen molar-refractivity contribution in [2.24, 2.45) is 0 Å². The van der Waals surface area contributed by atoms with Crippen LogP contribution in [-0.2, 0) is 14.3 Å². The van der Waals surface area contributed by atoms with Gasteiger partial charge in [-0.1, -0.05) is 28.1 Å². The molecule has 0 radical (unpaired) electrons. The summed E-state index contributed by atoms with van der Waals surface area (Å²) in [5, 5.41) is 0. The monoisotopic (exact) mass is 332 g/mol. The number of hydrogen-bond donors (Lipinski definition) is 0. The zero-order valence-corrected chi connectivity index (χ0v) is 12.5. The summed E-state index contributed by atoms with van der Waals surface area (Å²) < 4.78 is 22.3. The molecular weight excluding hydrogens is 315 g/mol. The van der Waals surface area contributed by atoms with E-state index in [1.165, 1.54) is 38.5 Å². The van der Waals surface area contributed by atoms with Crippen LogP contribution in [0, 0.1) is 5.82 Å². The zero-order valence-electron chi connectivity index (χ0n) is 10.9. The van der Waals surface area contributed by atoms with Crippen molar-refractivity contribution in [2.75, 3.05) is 20.3 Å². The summed E-state index contributed by atoms with van der Waals surface area (Å²) in [6.45, 7) is 2.00. The smallest absolute Gasteiger partial charge is 0.323 e. The molecule has 0 amide bonds. The maximum Gasteiger partial charge on any atom is 0.323 e. The molecule has 5 heteroatoms. The Morgan fingerprint density at radius 3 is 2.47 bits per heavy atom. The van der Waals surface area contributed by atoms with Crippen molar-refractivity contribution in [3.63, 3.8) is 0 Å². The lowest BCUT2D eigenvalue weighted by Crippen LogP contribution is -2.08. The van der Waals surface area contributed by atoms with E-state index in [4.69, 9.17) is 4.74 Å². The number of methoxy groups -OCH3 is 1. The first kappa shape index (κ1) is 16.1. The van der Waals surface area contributed by atoms with E-state index in [1.54, 1.807) is 12.1 Å². The highest BCUT2D eigenvalue weighted by molar-refractivity contribution is 9.09. The average Bonchev–Trinajstić information content (AvgIpc) is 2.48. The topological polar surface area (TPSA) is 35.5 Å². The normalized spacial score (nSPS) is 15.9. The molecule has 19 heavy (non-hydrogen) atoms. The number of esters is 1. The van der Waals surface area contributed by atoms with Crippen LogP contribution < -0.4 is 0 Å². The Balaban J connectivity index is 0.000000250. The predicted molar refractivity (Wildman–Crippen MR) is 74.8 cm³/mol. The van der Waals surface area contributed by atoms with Gasteiger partial charge in [-0.05, 0) is 37.0 Å². The van der Waals surface area contributed by atoms with Crippen molar-refractivity contribution >= 4 is 21.9 Å². The van der Waals surface area contributed by atoms with Crippen LogP contribution in [0.3, 0.4) is 0 Å². The molecule has 0 spiro atoms. The highest BCUT2D eigenvalue weighted by Crippen LogP contribution is 2.24. The molecule has 0 bridgehead atoms. The van der Waals surface area contributed by atoms with E-state index in [9.17, 15) is 9.18 Å². The van der Waals surface area contributed by atoms with Crippen molar-refractivity contribution in [2.45, 2.75) is 24.1 Å². The standard InChI is InChI=1S/C9H8BrFO2.C5H10O/c1-13-9(12)8(10)6-3-2-4-7(11)5-6;1-2-4-6-5-3-1/h2-5,8H,1H3;1-5H2. The van der Waals surface area contributed by atoms with Crippen LogP contribution >= 0.6 is 15.9 Å². The largest absolute Gasteiger partial charge is 0.468 e. The van der Waals surface area contributed by atoms with Crippen LogP contribution in [0.5, 0.6) is 0 Å². The Bertz CT molecular complexity index is 383. The van der Waals surface area contributed by atoms with Crippen molar-refractivity contribution in [1.82, 2.24) is 0 Å². The number of carbonyl (C=O) groups is 1. The fourth-order valence-electron chi connectivity index (χ4n) is 1.59. The quantitative estimate of drug-likeness (QED) is 0.613. The Labute approximate surface area is 121 Å². The van der Waals surface area contributed by atoms with Crippen LogP contribution in [0.25, 0.3) is 0 Å². The first-order valence-corrected chi connectivity index (χ1v) is 7.12. The maximum absolute atomic E-state index is 12.7. The third-order valence-electron chi connectivity index (χ3n) is 2.63. The number of rotatable bonds is 2. The number of hydrogen-bond acceptors (Lipinski definition) is 3. The molecule has 1 aromatic rings. The first-order chi connectivity index (χ1) is 9.15. The Hall–Kier alpha value is -0.940. The molecule has 106 valence electrons. The molecule has 1 unspecified atom stereocenters. The second-order valence-corrected chi connectivity index (χ2v) is 5.03. The molecule has 1 atom stereocenters. The summed E-state index contributed by atoms with van der Waals surface area (Å²) >= 11 is 3.10. The van der Waals surface area contributed by atoms with Gasteiger partial charge in [0.25, 0.3) is 0 Å².